The van der Waals surface area contributed by atoms with Crippen LogP contribution in [-0.4, -0.2) is 43.0 Å². The Balaban J connectivity index is 1.78. The van der Waals surface area contributed by atoms with E-state index >= 15 is 0 Å². The van der Waals surface area contributed by atoms with Crippen LogP contribution < -0.4 is 15.4 Å². The third kappa shape index (κ3) is 6.11. The first-order chi connectivity index (χ1) is 13.3. The van der Waals surface area contributed by atoms with E-state index in [0.29, 0.717) is 22.0 Å². The Bertz CT molecular complexity index is 888. The minimum absolute atomic E-state index is 0.109. The van der Waals surface area contributed by atoms with E-state index in [1.807, 2.05) is 0 Å². The summed E-state index contributed by atoms with van der Waals surface area (Å²) in [5, 5.41) is 5.33. The smallest absolute Gasteiger partial charge is 0.325 e. The van der Waals surface area contributed by atoms with Crippen molar-refractivity contribution in [1.29, 1.82) is 0 Å². The first-order valence-corrected chi connectivity index (χ1v) is 8.76. The van der Waals surface area contributed by atoms with Gasteiger partial charge >= 0.3 is 5.97 Å². The van der Waals surface area contributed by atoms with E-state index in [4.69, 9.17) is 32.7 Å². The Hall–Kier alpha value is -2.84. The highest BCUT2D eigenvalue weighted by molar-refractivity contribution is 6.36. The monoisotopic (exact) mass is 425 g/mol. The molecule has 0 unspecified atom stereocenters. The second-order valence-corrected chi connectivity index (χ2v) is 6.32. The molecule has 1 heterocycles. The maximum absolute atomic E-state index is 12.0. The summed E-state index contributed by atoms with van der Waals surface area (Å²) in [7, 11) is 1.51. The minimum Gasteiger partial charge on any atom is -0.497 e. The lowest BCUT2D eigenvalue weighted by atomic mass is 10.2. The normalized spacial score (nSPS) is 10.1. The van der Waals surface area contributed by atoms with E-state index in [9.17, 15) is 14.4 Å². The molecule has 0 atom stereocenters. The lowest BCUT2D eigenvalue weighted by molar-refractivity contribution is -0.146. The lowest BCUT2D eigenvalue weighted by Crippen LogP contribution is -2.32. The van der Waals surface area contributed by atoms with Gasteiger partial charge in [-0.15, -0.1) is 0 Å². The van der Waals surface area contributed by atoms with Crippen LogP contribution in [0.5, 0.6) is 5.75 Å². The summed E-state index contributed by atoms with van der Waals surface area (Å²) >= 11 is 11.8. The largest absolute Gasteiger partial charge is 0.497 e. The van der Waals surface area contributed by atoms with Gasteiger partial charge in [0, 0.05) is 5.56 Å². The number of benzene rings is 1. The van der Waals surface area contributed by atoms with Crippen LogP contribution in [0.25, 0.3) is 0 Å². The van der Waals surface area contributed by atoms with Gasteiger partial charge in [0.05, 0.1) is 22.8 Å². The first-order valence-electron chi connectivity index (χ1n) is 8.00. The Morgan fingerprint density at radius 1 is 1.11 bits per heavy atom. The Kier molecular flexibility index (Phi) is 7.60. The summed E-state index contributed by atoms with van der Waals surface area (Å²) in [5.41, 5.74) is 0.838. The van der Waals surface area contributed by atoms with Crippen LogP contribution in [0.4, 0.5) is 5.82 Å². The standard InChI is InChI=1S/C18H17Cl2N3O5/c1-10-13(19)7-14(20)17(22-10)23-15(24)9-28-16(25)8-21-18(26)11-3-5-12(27-2)6-4-11/h3-7H,8-9H2,1-2H3,(H,21,26)(H,22,23,24). The number of methoxy groups -OCH3 is 1. The van der Waals surface area contributed by atoms with Crippen LogP contribution in [-0.2, 0) is 14.3 Å². The molecule has 0 aliphatic carbocycles. The molecule has 0 aliphatic heterocycles. The van der Waals surface area contributed by atoms with Crippen molar-refractivity contribution in [2.45, 2.75) is 6.92 Å². The number of hydrogen-bond acceptors (Lipinski definition) is 6. The molecule has 1 aromatic carbocycles. The van der Waals surface area contributed by atoms with Crippen LogP contribution in [0.15, 0.2) is 30.3 Å². The number of nitrogens with one attached hydrogen (secondary N) is 2. The van der Waals surface area contributed by atoms with Crippen molar-refractivity contribution in [3.63, 3.8) is 0 Å². The van der Waals surface area contributed by atoms with E-state index in [1.54, 1.807) is 31.2 Å². The minimum atomic E-state index is -0.775. The van der Waals surface area contributed by atoms with E-state index in [-0.39, 0.29) is 10.8 Å². The van der Waals surface area contributed by atoms with Crippen molar-refractivity contribution in [3.8, 4) is 5.75 Å². The van der Waals surface area contributed by atoms with Crippen LogP contribution in [0.2, 0.25) is 10.0 Å². The van der Waals surface area contributed by atoms with Gasteiger partial charge in [-0.05, 0) is 37.3 Å². The van der Waals surface area contributed by atoms with Crippen molar-refractivity contribution in [2.24, 2.45) is 0 Å². The van der Waals surface area contributed by atoms with Gasteiger partial charge in [0.15, 0.2) is 12.4 Å². The lowest BCUT2D eigenvalue weighted by Gasteiger charge is -2.09. The fourth-order valence-corrected chi connectivity index (χ4v) is 2.41. The molecule has 0 aliphatic rings. The van der Waals surface area contributed by atoms with Crippen LogP contribution in [0, 0.1) is 6.92 Å². The van der Waals surface area contributed by atoms with Gasteiger partial charge in [0.25, 0.3) is 11.8 Å². The molecule has 28 heavy (non-hydrogen) atoms. The molecule has 0 radical (unpaired) electrons. The number of carbonyl (C=O) groups excluding carboxylic acids is 3. The predicted molar refractivity (Wildman–Crippen MR) is 104 cm³/mol. The molecule has 1 aromatic heterocycles. The molecule has 0 spiro atoms. The molecule has 0 fully saturated rings. The fourth-order valence-electron chi connectivity index (χ4n) is 2.01. The second-order valence-electron chi connectivity index (χ2n) is 5.51. The summed E-state index contributed by atoms with van der Waals surface area (Å²) in [6.45, 7) is 0.702. The molecular weight excluding hydrogens is 409 g/mol. The number of aryl methyl sites for hydroxylation is 1. The average Bonchev–Trinajstić information content (AvgIpc) is 2.68. The number of esters is 1. The van der Waals surface area contributed by atoms with Crippen molar-refractivity contribution < 1.29 is 23.9 Å². The third-order valence-corrected chi connectivity index (χ3v) is 4.14. The topological polar surface area (TPSA) is 107 Å². The molecule has 8 nitrogen and oxygen atoms in total. The van der Waals surface area contributed by atoms with Crippen molar-refractivity contribution in [3.05, 3.63) is 51.6 Å². The van der Waals surface area contributed by atoms with Gasteiger partial charge in [-0.3, -0.25) is 14.4 Å². The van der Waals surface area contributed by atoms with E-state index in [2.05, 4.69) is 15.6 Å². The number of ether oxygens (including phenoxy) is 2. The maximum atomic E-state index is 12.0. The summed E-state index contributed by atoms with van der Waals surface area (Å²) in [4.78, 5) is 39.6. The number of aromatic nitrogens is 1. The van der Waals surface area contributed by atoms with Crippen molar-refractivity contribution >= 4 is 46.8 Å². The Labute approximate surface area is 171 Å². The first kappa shape index (κ1) is 21.5. The molecule has 148 valence electrons. The fraction of sp³-hybridized carbons (Fsp3) is 0.222. The highest BCUT2D eigenvalue weighted by Gasteiger charge is 2.13. The molecule has 0 saturated heterocycles. The zero-order valence-electron chi connectivity index (χ0n) is 15.0. The summed E-state index contributed by atoms with van der Waals surface area (Å²) in [6.07, 6.45) is 0. The number of halogens is 2. The van der Waals surface area contributed by atoms with E-state index in [0.717, 1.165) is 0 Å². The van der Waals surface area contributed by atoms with Crippen molar-refractivity contribution in [1.82, 2.24) is 10.3 Å². The van der Waals surface area contributed by atoms with Gasteiger partial charge in [0.1, 0.15) is 12.3 Å². The third-order valence-electron chi connectivity index (χ3n) is 3.47. The molecule has 2 aromatic rings. The van der Waals surface area contributed by atoms with Crippen LogP contribution >= 0.6 is 23.2 Å². The number of nitrogens with zero attached hydrogens (tertiary/aromatic N) is 1. The second kappa shape index (κ2) is 9.91. The summed E-state index contributed by atoms with van der Waals surface area (Å²) in [5.74, 6) is -1.16. The van der Waals surface area contributed by atoms with E-state index in [1.165, 1.54) is 13.2 Å². The van der Waals surface area contributed by atoms with Gasteiger partial charge < -0.3 is 20.1 Å². The number of hydrogen-bond donors (Lipinski definition) is 2. The molecule has 2 amide bonds. The van der Waals surface area contributed by atoms with Gasteiger partial charge in [-0.1, -0.05) is 23.2 Å². The molecule has 10 heteroatoms. The number of carbonyl (C=O) groups is 3. The van der Waals surface area contributed by atoms with Gasteiger partial charge in [-0.2, -0.15) is 0 Å². The van der Waals surface area contributed by atoms with Gasteiger partial charge in [-0.25, -0.2) is 4.98 Å². The van der Waals surface area contributed by atoms with Crippen LogP contribution in [0.1, 0.15) is 16.1 Å². The molecular formula is C18H17Cl2N3O5. The zero-order chi connectivity index (χ0) is 20.7. The van der Waals surface area contributed by atoms with Crippen LogP contribution in [0.3, 0.4) is 0 Å². The molecule has 0 bridgehead atoms. The highest BCUT2D eigenvalue weighted by Crippen LogP contribution is 2.25. The zero-order valence-corrected chi connectivity index (χ0v) is 16.6. The quantitative estimate of drug-likeness (QED) is 0.660. The number of rotatable bonds is 7. The highest BCUT2D eigenvalue weighted by atomic mass is 35.5. The number of amides is 2. The molecule has 0 saturated carbocycles. The SMILES string of the molecule is COc1ccc(C(=O)NCC(=O)OCC(=O)Nc2nc(C)c(Cl)cc2Cl)cc1. The molecule has 2 rings (SSSR count). The average molecular weight is 426 g/mol. The molecule has 2 N–H and O–H groups in total. The summed E-state index contributed by atoms with van der Waals surface area (Å²) < 4.78 is 9.81. The van der Waals surface area contributed by atoms with E-state index < -0.39 is 30.9 Å². The van der Waals surface area contributed by atoms with Gasteiger partial charge in [0.2, 0.25) is 0 Å². The predicted octanol–water partition coefficient (Wildman–Crippen LogP) is 2.62. The maximum Gasteiger partial charge on any atom is 0.325 e. The Morgan fingerprint density at radius 2 is 1.79 bits per heavy atom. The van der Waals surface area contributed by atoms with Crippen molar-refractivity contribution in [2.75, 3.05) is 25.6 Å². The number of anilines is 1. The summed E-state index contributed by atoms with van der Waals surface area (Å²) in [6, 6.07) is 7.79. The number of pyridine rings is 1. The Morgan fingerprint density at radius 3 is 2.43 bits per heavy atom.